The van der Waals surface area contributed by atoms with Crippen LogP contribution in [0.25, 0.3) is 10.7 Å². The Morgan fingerprint density at radius 1 is 1.29 bits per heavy atom. The lowest BCUT2D eigenvalue weighted by molar-refractivity contribution is -0.143. The number of thiophene rings is 1. The number of aromatic nitrogens is 4. The third kappa shape index (κ3) is 5.14. The van der Waals surface area contributed by atoms with Crippen LogP contribution in [-0.2, 0) is 20.9 Å². The topological polar surface area (TPSA) is 99.0 Å². The van der Waals surface area contributed by atoms with E-state index in [1.165, 1.54) is 16.1 Å². The van der Waals surface area contributed by atoms with E-state index in [0.717, 1.165) is 4.88 Å². The number of tetrazole rings is 1. The van der Waals surface area contributed by atoms with Gasteiger partial charge in [-0.3, -0.25) is 9.59 Å². The molecule has 8 nitrogen and oxygen atoms in total. The number of nitrogens with one attached hydrogen (secondary N) is 1. The predicted octanol–water partition coefficient (Wildman–Crippen LogP) is 2.87. The zero-order valence-corrected chi connectivity index (χ0v) is 16.6. The summed E-state index contributed by atoms with van der Waals surface area (Å²) < 4.78 is 5.01. The van der Waals surface area contributed by atoms with Gasteiger partial charge in [-0.1, -0.05) is 35.9 Å². The SMILES string of the molecule is CCOC(=O)C[C@@H](NC(=O)Cn1nnc(-c2cccs2)n1)c1ccccc1Cl. The first-order valence-electron chi connectivity index (χ1n) is 8.58. The van der Waals surface area contributed by atoms with Crippen LogP contribution in [0.5, 0.6) is 0 Å². The van der Waals surface area contributed by atoms with Gasteiger partial charge >= 0.3 is 5.97 Å². The van der Waals surface area contributed by atoms with Crippen molar-refractivity contribution < 1.29 is 14.3 Å². The van der Waals surface area contributed by atoms with Crippen molar-refractivity contribution in [1.82, 2.24) is 25.5 Å². The number of benzene rings is 1. The van der Waals surface area contributed by atoms with Crippen molar-refractivity contribution in [2.75, 3.05) is 6.61 Å². The number of rotatable bonds is 8. The highest BCUT2D eigenvalue weighted by atomic mass is 35.5. The maximum atomic E-state index is 12.5. The van der Waals surface area contributed by atoms with Crippen LogP contribution >= 0.6 is 22.9 Å². The van der Waals surface area contributed by atoms with Crippen LogP contribution in [-0.4, -0.2) is 38.7 Å². The van der Waals surface area contributed by atoms with Gasteiger partial charge in [0, 0.05) is 5.02 Å². The van der Waals surface area contributed by atoms with Crippen LogP contribution in [0.15, 0.2) is 41.8 Å². The summed E-state index contributed by atoms with van der Waals surface area (Å²) in [7, 11) is 0. The lowest BCUT2D eigenvalue weighted by Crippen LogP contribution is -2.34. The number of esters is 1. The molecule has 0 unspecified atom stereocenters. The second-order valence-corrected chi connectivity index (χ2v) is 7.13. The van der Waals surface area contributed by atoms with Crippen molar-refractivity contribution in [1.29, 1.82) is 0 Å². The van der Waals surface area contributed by atoms with Crippen LogP contribution < -0.4 is 5.32 Å². The van der Waals surface area contributed by atoms with E-state index in [1.54, 1.807) is 31.2 Å². The third-order valence-corrected chi connectivity index (χ3v) is 4.98. The fourth-order valence-electron chi connectivity index (χ4n) is 2.57. The Hall–Kier alpha value is -2.78. The first-order chi connectivity index (χ1) is 13.6. The highest BCUT2D eigenvalue weighted by Crippen LogP contribution is 2.25. The Bertz CT molecular complexity index is 944. The molecular weight excluding hydrogens is 402 g/mol. The van der Waals surface area contributed by atoms with Gasteiger partial charge in [-0.25, -0.2) is 0 Å². The minimum Gasteiger partial charge on any atom is -0.466 e. The number of hydrogen-bond donors (Lipinski definition) is 1. The van der Waals surface area contributed by atoms with Gasteiger partial charge in [0.2, 0.25) is 11.7 Å². The van der Waals surface area contributed by atoms with Crippen molar-refractivity contribution in [3.63, 3.8) is 0 Å². The molecule has 0 radical (unpaired) electrons. The second kappa shape index (κ2) is 9.43. The van der Waals surface area contributed by atoms with Crippen molar-refractivity contribution in [3.8, 4) is 10.7 Å². The highest BCUT2D eigenvalue weighted by molar-refractivity contribution is 7.13. The first-order valence-corrected chi connectivity index (χ1v) is 9.83. The maximum Gasteiger partial charge on any atom is 0.308 e. The van der Waals surface area contributed by atoms with Crippen molar-refractivity contribution in [2.45, 2.75) is 25.9 Å². The molecule has 0 aliphatic carbocycles. The van der Waals surface area contributed by atoms with Crippen molar-refractivity contribution >= 4 is 34.8 Å². The number of halogens is 1. The summed E-state index contributed by atoms with van der Waals surface area (Å²) in [5, 5.41) is 17.2. The van der Waals surface area contributed by atoms with E-state index < -0.39 is 12.0 Å². The van der Waals surface area contributed by atoms with Crippen LogP contribution in [0.4, 0.5) is 0 Å². The third-order valence-electron chi connectivity index (χ3n) is 3.77. The summed E-state index contributed by atoms with van der Waals surface area (Å²) in [5.74, 6) is -0.340. The first kappa shape index (κ1) is 20.0. The normalized spacial score (nSPS) is 11.8. The van der Waals surface area contributed by atoms with E-state index in [4.69, 9.17) is 16.3 Å². The van der Waals surface area contributed by atoms with E-state index >= 15 is 0 Å². The van der Waals surface area contributed by atoms with E-state index in [0.29, 0.717) is 16.4 Å². The Morgan fingerprint density at radius 2 is 2.11 bits per heavy atom. The second-order valence-electron chi connectivity index (χ2n) is 5.77. The Kier molecular flexibility index (Phi) is 6.72. The Labute approximate surface area is 170 Å². The highest BCUT2D eigenvalue weighted by Gasteiger charge is 2.22. The van der Waals surface area contributed by atoms with Gasteiger partial charge in [0.15, 0.2) is 0 Å². The largest absolute Gasteiger partial charge is 0.466 e. The van der Waals surface area contributed by atoms with Gasteiger partial charge in [-0.2, -0.15) is 4.80 Å². The number of ether oxygens (including phenoxy) is 1. The molecule has 10 heteroatoms. The molecule has 28 heavy (non-hydrogen) atoms. The summed E-state index contributed by atoms with van der Waals surface area (Å²) in [6.45, 7) is 1.85. The molecule has 3 aromatic rings. The fourth-order valence-corrected chi connectivity index (χ4v) is 3.48. The molecule has 0 saturated carbocycles. The van der Waals surface area contributed by atoms with Crippen LogP contribution in [0.1, 0.15) is 24.9 Å². The molecule has 1 N–H and O–H groups in total. The molecule has 1 amide bonds. The molecule has 3 rings (SSSR count). The minimum atomic E-state index is -0.625. The van der Waals surface area contributed by atoms with E-state index in [2.05, 4.69) is 20.7 Å². The molecule has 146 valence electrons. The summed E-state index contributed by atoms with van der Waals surface area (Å²) in [6.07, 6.45) is -0.0332. The monoisotopic (exact) mass is 419 g/mol. The lowest BCUT2D eigenvalue weighted by Gasteiger charge is -2.19. The molecular formula is C18H18ClN5O3S. The molecule has 0 aliphatic heterocycles. The number of hydrogen-bond acceptors (Lipinski definition) is 7. The quantitative estimate of drug-likeness (QED) is 0.563. The molecule has 2 aromatic heterocycles. The van der Waals surface area contributed by atoms with Crippen LogP contribution in [0.3, 0.4) is 0 Å². The average Bonchev–Trinajstić information content (AvgIpc) is 3.33. The van der Waals surface area contributed by atoms with Crippen LogP contribution in [0, 0.1) is 0 Å². The van der Waals surface area contributed by atoms with Gasteiger partial charge in [0.05, 0.1) is 23.9 Å². The predicted molar refractivity (Wildman–Crippen MR) is 105 cm³/mol. The zero-order valence-electron chi connectivity index (χ0n) is 15.0. The minimum absolute atomic E-state index is 0.0332. The molecule has 0 fully saturated rings. The standard InChI is InChI=1S/C18H18ClN5O3S/c1-2-27-17(26)10-14(12-6-3-4-7-13(12)19)20-16(25)11-24-22-18(21-23-24)15-8-5-9-28-15/h3-9,14H,2,10-11H2,1H3,(H,20,25)/t14-/m1/s1. The smallest absolute Gasteiger partial charge is 0.308 e. The van der Waals surface area contributed by atoms with Gasteiger partial charge in [-0.05, 0) is 35.2 Å². The fraction of sp³-hybridized carbons (Fsp3) is 0.278. The van der Waals surface area contributed by atoms with Crippen molar-refractivity contribution in [3.05, 3.63) is 52.4 Å². The van der Waals surface area contributed by atoms with Gasteiger partial charge in [0.25, 0.3) is 0 Å². The maximum absolute atomic E-state index is 12.5. The van der Waals surface area contributed by atoms with E-state index in [1.807, 2.05) is 17.5 Å². The Morgan fingerprint density at radius 3 is 2.82 bits per heavy atom. The van der Waals surface area contributed by atoms with E-state index in [-0.39, 0.29) is 25.5 Å². The molecule has 0 spiro atoms. The molecule has 0 saturated heterocycles. The van der Waals surface area contributed by atoms with Gasteiger partial charge in [-0.15, -0.1) is 21.5 Å². The lowest BCUT2D eigenvalue weighted by atomic mass is 10.0. The zero-order chi connectivity index (χ0) is 19.9. The van der Waals surface area contributed by atoms with Gasteiger partial charge in [0.1, 0.15) is 6.54 Å². The Balaban J connectivity index is 1.70. The molecule has 2 heterocycles. The average molecular weight is 420 g/mol. The number of amides is 1. The summed E-state index contributed by atoms with van der Waals surface area (Å²) in [6, 6.07) is 10.2. The number of nitrogens with zero attached hydrogens (tertiary/aromatic N) is 4. The molecule has 1 atom stereocenters. The van der Waals surface area contributed by atoms with Crippen molar-refractivity contribution in [2.24, 2.45) is 0 Å². The van der Waals surface area contributed by atoms with E-state index in [9.17, 15) is 9.59 Å². The summed E-state index contributed by atoms with van der Waals surface area (Å²) in [4.78, 5) is 26.5. The summed E-state index contributed by atoms with van der Waals surface area (Å²) >= 11 is 7.73. The summed E-state index contributed by atoms with van der Waals surface area (Å²) in [5.41, 5.74) is 0.636. The van der Waals surface area contributed by atoms with Gasteiger partial charge < -0.3 is 10.1 Å². The van der Waals surface area contributed by atoms with Crippen LogP contribution in [0.2, 0.25) is 5.02 Å². The molecule has 0 bridgehead atoms. The molecule has 1 aromatic carbocycles. The molecule has 0 aliphatic rings. The number of carbonyl (C=O) groups is 2. The number of carbonyl (C=O) groups excluding carboxylic acids is 2.